The number of carbonyl (C=O) groups excluding carboxylic acids is 1. The van der Waals surface area contributed by atoms with Gasteiger partial charge in [-0.1, -0.05) is 0 Å². The van der Waals surface area contributed by atoms with Gasteiger partial charge in [-0.05, 0) is 37.3 Å². The smallest absolute Gasteiger partial charge is 0.416 e. The zero-order chi connectivity index (χ0) is 18.7. The number of benzene rings is 1. The Morgan fingerprint density at radius 3 is 2.54 bits per heavy atom. The molecule has 0 radical (unpaired) electrons. The molecule has 0 saturated carbocycles. The average molecular weight is 366 g/mol. The molecule has 0 spiro atoms. The fourth-order valence-corrected chi connectivity index (χ4v) is 2.57. The third kappa shape index (κ3) is 4.41. The Hall–Kier alpha value is -2.84. The summed E-state index contributed by atoms with van der Waals surface area (Å²) in [5.74, 6) is 0.394. The molecule has 1 aliphatic rings. The summed E-state index contributed by atoms with van der Waals surface area (Å²) in [6, 6.07) is 7.44. The molecule has 1 atom stereocenters. The highest BCUT2D eigenvalue weighted by molar-refractivity contribution is 5.89. The Bertz CT molecular complexity index is 763. The van der Waals surface area contributed by atoms with Crippen molar-refractivity contribution in [3.8, 4) is 5.88 Å². The number of halogens is 3. The summed E-state index contributed by atoms with van der Waals surface area (Å²) in [7, 11) is 0. The van der Waals surface area contributed by atoms with Crippen LogP contribution in [0.2, 0.25) is 0 Å². The predicted molar refractivity (Wildman–Crippen MR) is 87.8 cm³/mol. The summed E-state index contributed by atoms with van der Waals surface area (Å²) in [5, 5.41) is 10.4. The van der Waals surface area contributed by atoms with Gasteiger partial charge in [-0.2, -0.15) is 18.3 Å². The van der Waals surface area contributed by atoms with E-state index >= 15 is 0 Å². The van der Waals surface area contributed by atoms with Crippen molar-refractivity contribution in [1.82, 2.24) is 15.1 Å². The number of alkyl halides is 3. The van der Waals surface area contributed by atoms with Gasteiger partial charge in [-0.3, -0.25) is 0 Å². The van der Waals surface area contributed by atoms with Crippen LogP contribution >= 0.6 is 0 Å². The molecule has 1 aromatic carbocycles. The van der Waals surface area contributed by atoms with E-state index in [1.807, 2.05) is 6.92 Å². The first kappa shape index (κ1) is 18.0. The minimum Gasteiger partial charge on any atom is -0.471 e. The number of hydrogen-bond acceptors (Lipinski definition) is 4. The van der Waals surface area contributed by atoms with Crippen molar-refractivity contribution in [3.63, 3.8) is 0 Å². The molecule has 0 aliphatic carbocycles. The summed E-state index contributed by atoms with van der Waals surface area (Å²) >= 11 is 0. The molecule has 9 heteroatoms. The highest BCUT2D eigenvalue weighted by atomic mass is 19.4. The number of aromatic nitrogens is 2. The van der Waals surface area contributed by atoms with Crippen LogP contribution in [-0.4, -0.2) is 40.3 Å². The van der Waals surface area contributed by atoms with Gasteiger partial charge in [0.1, 0.15) is 6.10 Å². The van der Waals surface area contributed by atoms with Crippen molar-refractivity contribution in [2.75, 3.05) is 18.4 Å². The fourth-order valence-electron chi connectivity index (χ4n) is 2.57. The Morgan fingerprint density at radius 2 is 1.92 bits per heavy atom. The van der Waals surface area contributed by atoms with Crippen LogP contribution in [0.1, 0.15) is 17.7 Å². The summed E-state index contributed by atoms with van der Waals surface area (Å²) in [4.78, 5) is 13.8. The van der Waals surface area contributed by atoms with E-state index < -0.39 is 11.7 Å². The van der Waals surface area contributed by atoms with E-state index in [9.17, 15) is 18.0 Å². The minimum atomic E-state index is -4.40. The lowest BCUT2D eigenvalue weighted by Gasteiger charge is -2.18. The van der Waals surface area contributed by atoms with Gasteiger partial charge in [-0.15, -0.1) is 5.10 Å². The van der Waals surface area contributed by atoms with E-state index in [-0.39, 0.29) is 12.1 Å². The largest absolute Gasteiger partial charge is 0.471 e. The number of amides is 2. The summed E-state index contributed by atoms with van der Waals surface area (Å²) in [5.41, 5.74) is 0.322. The molecule has 2 heterocycles. The molecule has 1 unspecified atom stereocenters. The van der Waals surface area contributed by atoms with Crippen LogP contribution in [0.3, 0.4) is 0 Å². The Balaban J connectivity index is 1.53. The first-order valence-electron chi connectivity index (χ1n) is 8.01. The van der Waals surface area contributed by atoms with E-state index in [1.54, 1.807) is 17.0 Å². The summed E-state index contributed by atoms with van der Waals surface area (Å²) in [6.07, 6.45) is -3.97. The van der Waals surface area contributed by atoms with E-state index in [2.05, 4.69) is 15.5 Å². The molecule has 0 bridgehead atoms. The average Bonchev–Trinajstić information content (AvgIpc) is 3.05. The molecule has 1 N–H and O–H groups in total. The maximum atomic E-state index is 12.6. The zero-order valence-corrected chi connectivity index (χ0v) is 14.0. The number of urea groups is 1. The van der Waals surface area contributed by atoms with Crippen molar-refractivity contribution in [3.05, 3.63) is 47.7 Å². The highest BCUT2D eigenvalue weighted by Gasteiger charge is 2.31. The second-order valence-corrected chi connectivity index (χ2v) is 5.99. The lowest BCUT2D eigenvalue weighted by atomic mass is 10.2. The number of aryl methyl sites for hydroxylation is 1. The van der Waals surface area contributed by atoms with Crippen LogP contribution in [0.25, 0.3) is 0 Å². The standard InChI is InChI=1S/C17H17F3N4O2/c1-11-2-7-15(23-22-11)26-14-8-9-24(10-14)16(25)21-13-5-3-12(4-6-13)17(18,19)20/h2-7,14H,8-10H2,1H3,(H,21,25). The maximum Gasteiger partial charge on any atom is 0.416 e. The van der Waals surface area contributed by atoms with Gasteiger partial charge < -0.3 is 15.0 Å². The Kier molecular flexibility index (Phi) is 4.97. The molecule has 2 amide bonds. The summed E-state index contributed by atoms with van der Waals surface area (Å²) < 4.78 is 43.4. The second-order valence-electron chi connectivity index (χ2n) is 5.99. The van der Waals surface area contributed by atoms with Crippen LogP contribution in [0.5, 0.6) is 5.88 Å². The first-order valence-corrected chi connectivity index (χ1v) is 8.01. The minimum absolute atomic E-state index is 0.203. The quantitative estimate of drug-likeness (QED) is 0.903. The fraction of sp³-hybridized carbons (Fsp3) is 0.353. The van der Waals surface area contributed by atoms with Crippen molar-refractivity contribution in [2.45, 2.75) is 25.6 Å². The monoisotopic (exact) mass is 366 g/mol. The number of ether oxygens (including phenoxy) is 1. The predicted octanol–water partition coefficient (Wildman–Crippen LogP) is 3.49. The number of likely N-dealkylation sites (tertiary alicyclic amines) is 1. The van der Waals surface area contributed by atoms with Crippen molar-refractivity contribution < 1.29 is 22.7 Å². The molecule has 6 nitrogen and oxygen atoms in total. The molecular formula is C17H17F3N4O2. The van der Waals surface area contributed by atoms with Gasteiger partial charge in [0.15, 0.2) is 0 Å². The van der Waals surface area contributed by atoms with Crippen LogP contribution in [0, 0.1) is 6.92 Å². The topological polar surface area (TPSA) is 67.3 Å². The normalized spacial score (nSPS) is 17.2. The molecular weight excluding hydrogens is 349 g/mol. The number of hydrogen-bond donors (Lipinski definition) is 1. The number of nitrogens with one attached hydrogen (secondary N) is 1. The summed E-state index contributed by atoms with van der Waals surface area (Å²) in [6.45, 7) is 2.66. The third-order valence-corrected chi connectivity index (χ3v) is 3.96. The molecule has 1 saturated heterocycles. The van der Waals surface area contributed by atoms with Crippen LogP contribution < -0.4 is 10.1 Å². The molecule has 3 rings (SSSR count). The molecule has 1 aromatic heterocycles. The zero-order valence-electron chi connectivity index (χ0n) is 14.0. The molecule has 138 valence electrons. The molecule has 26 heavy (non-hydrogen) atoms. The Morgan fingerprint density at radius 1 is 1.19 bits per heavy atom. The van der Waals surface area contributed by atoms with Crippen molar-refractivity contribution in [2.24, 2.45) is 0 Å². The lowest BCUT2D eigenvalue weighted by molar-refractivity contribution is -0.137. The van der Waals surface area contributed by atoms with E-state index in [0.29, 0.717) is 31.1 Å². The van der Waals surface area contributed by atoms with Gasteiger partial charge >= 0.3 is 12.2 Å². The molecule has 2 aromatic rings. The Labute approximate surface area is 148 Å². The van der Waals surface area contributed by atoms with Gasteiger partial charge in [0.2, 0.25) is 5.88 Å². The van der Waals surface area contributed by atoms with Crippen molar-refractivity contribution >= 4 is 11.7 Å². The molecule has 1 aliphatic heterocycles. The van der Waals surface area contributed by atoms with E-state index in [4.69, 9.17) is 4.74 Å². The van der Waals surface area contributed by atoms with Gasteiger partial charge in [0.05, 0.1) is 17.8 Å². The van der Waals surface area contributed by atoms with Crippen molar-refractivity contribution in [1.29, 1.82) is 0 Å². The van der Waals surface area contributed by atoms with Gasteiger partial charge in [-0.25, -0.2) is 4.79 Å². The lowest BCUT2D eigenvalue weighted by Crippen LogP contribution is -2.34. The van der Waals surface area contributed by atoms with Gasteiger partial charge in [0.25, 0.3) is 0 Å². The number of carbonyl (C=O) groups is 1. The number of rotatable bonds is 3. The molecule has 1 fully saturated rings. The van der Waals surface area contributed by atoms with Crippen LogP contribution in [0.4, 0.5) is 23.7 Å². The van der Waals surface area contributed by atoms with E-state index in [1.165, 1.54) is 12.1 Å². The highest BCUT2D eigenvalue weighted by Crippen LogP contribution is 2.30. The SMILES string of the molecule is Cc1ccc(OC2CCN(C(=O)Nc3ccc(C(F)(F)F)cc3)C2)nn1. The second kappa shape index (κ2) is 7.19. The van der Waals surface area contributed by atoms with Crippen LogP contribution in [-0.2, 0) is 6.18 Å². The number of anilines is 1. The third-order valence-electron chi connectivity index (χ3n) is 3.96. The van der Waals surface area contributed by atoms with Gasteiger partial charge in [0, 0.05) is 24.7 Å². The maximum absolute atomic E-state index is 12.6. The van der Waals surface area contributed by atoms with Crippen LogP contribution in [0.15, 0.2) is 36.4 Å². The first-order chi connectivity index (χ1) is 12.3. The van der Waals surface area contributed by atoms with E-state index in [0.717, 1.165) is 17.8 Å². The number of nitrogens with zero attached hydrogens (tertiary/aromatic N) is 3.